The van der Waals surface area contributed by atoms with Crippen molar-refractivity contribution in [1.29, 1.82) is 0 Å². The van der Waals surface area contributed by atoms with E-state index in [0.717, 1.165) is 0 Å². The van der Waals surface area contributed by atoms with Gasteiger partial charge in [-0.2, -0.15) is 0 Å². The fourth-order valence-electron chi connectivity index (χ4n) is 0.539. The van der Waals surface area contributed by atoms with E-state index >= 15 is 0 Å². The molecule has 1 aromatic heterocycles. The number of nitrogens with one attached hydrogen (secondary N) is 1. The Morgan fingerprint density at radius 3 is 2.90 bits per heavy atom. The van der Waals surface area contributed by atoms with Gasteiger partial charge in [0.15, 0.2) is 0 Å². The van der Waals surface area contributed by atoms with E-state index in [9.17, 15) is 0 Å². The van der Waals surface area contributed by atoms with Crippen LogP contribution in [-0.4, -0.2) is 16.8 Å². The first-order chi connectivity index (χ1) is 4.33. The van der Waals surface area contributed by atoms with E-state index in [0.29, 0.717) is 18.3 Å². The molecule has 0 aliphatic heterocycles. The zero-order valence-electron chi connectivity index (χ0n) is 5.63. The van der Waals surface area contributed by atoms with Gasteiger partial charge in [0.2, 0.25) is 5.88 Å². The van der Waals surface area contributed by atoms with Crippen LogP contribution in [0.2, 0.25) is 0 Å². The third-order valence-corrected chi connectivity index (χ3v) is 0.866. The smallest absolute Gasteiger partial charge is 0.234 e. The van der Waals surface area contributed by atoms with Gasteiger partial charge in [0.25, 0.3) is 0 Å². The zero-order chi connectivity index (χ0) is 6.69. The molecule has 0 unspecified atom stereocenters. The molecule has 0 saturated carbocycles. The number of nitrogens with two attached hydrogens (primary N) is 1. The Hall–Kier alpha value is -0.900. The topological polar surface area (TPSA) is 63.9 Å². The van der Waals surface area contributed by atoms with Crippen LogP contribution in [-0.2, 0) is 0 Å². The van der Waals surface area contributed by atoms with Crippen LogP contribution in [0.5, 0.6) is 5.88 Å². The zero-order valence-corrected chi connectivity index (χ0v) is 6.44. The average Bonchev–Trinajstić information content (AvgIpc) is 2.17. The lowest BCUT2D eigenvalue weighted by Gasteiger charge is -1.92. The van der Waals surface area contributed by atoms with Gasteiger partial charge >= 0.3 is 0 Å². The molecule has 1 aromatic rings. The summed E-state index contributed by atoms with van der Waals surface area (Å²) in [5, 5.41) is 6.29. The predicted molar refractivity (Wildman–Crippen MR) is 41.4 cm³/mol. The van der Waals surface area contributed by atoms with E-state index in [1.165, 1.54) is 0 Å². The number of nitrogen functional groups attached to an aromatic ring is 1. The number of hydrogen-bond acceptors (Lipinski definition) is 3. The molecule has 10 heavy (non-hydrogen) atoms. The first-order valence-corrected chi connectivity index (χ1v) is 2.76. The van der Waals surface area contributed by atoms with E-state index in [1.54, 1.807) is 6.07 Å². The predicted octanol–water partition coefficient (Wildman–Crippen LogP) is 0.812. The number of ether oxygens (including phenoxy) is 1. The van der Waals surface area contributed by atoms with Crippen LogP contribution >= 0.6 is 12.4 Å². The second-order valence-electron chi connectivity index (χ2n) is 1.59. The highest BCUT2D eigenvalue weighted by atomic mass is 35.5. The molecule has 5 heteroatoms. The SMILES string of the molecule is CCOc1cc(N)[nH]n1.Cl. The van der Waals surface area contributed by atoms with E-state index < -0.39 is 0 Å². The number of hydrogen-bond donors (Lipinski definition) is 2. The van der Waals surface area contributed by atoms with Crippen LogP contribution in [0, 0.1) is 0 Å². The number of nitrogens with zero attached hydrogens (tertiary/aromatic N) is 1. The van der Waals surface area contributed by atoms with Crippen molar-refractivity contribution in [2.45, 2.75) is 6.92 Å². The highest BCUT2D eigenvalue weighted by molar-refractivity contribution is 5.85. The summed E-state index contributed by atoms with van der Waals surface area (Å²) in [7, 11) is 0. The molecule has 0 bridgehead atoms. The van der Waals surface area contributed by atoms with Gasteiger partial charge in [-0.05, 0) is 6.92 Å². The Kier molecular flexibility index (Phi) is 3.64. The van der Waals surface area contributed by atoms with Gasteiger partial charge < -0.3 is 10.5 Å². The summed E-state index contributed by atoms with van der Waals surface area (Å²) in [5.74, 6) is 1.08. The van der Waals surface area contributed by atoms with Crippen molar-refractivity contribution in [3.05, 3.63) is 6.07 Å². The standard InChI is InChI=1S/C5H9N3O.ClH/c1-2-9-5-3-4(6)7-8-5;/h3H,2H2,1H3,(H3,6,7,8);1H. The molecule has 0 saturated heterocycles. The molecule has 4 nitrogen and oxygen atoms in total. The molecule has 1 rings (SSSR count). The average molecular weight is 164 g/mol. The Morgan fingerprint density at radius 2 is 2.50 bits per heavy atom. The molecule has 0 aromatic carbocycles. The molecule has 0 aliphatic carbocycles. The van der Waals surface area contributed by atoms with Crippen molar-refractivity contribution in [1.82, 2.24) is 10.2 Å². The minimum absolute atomic E-state index is 0. The number of halogens is 1. The number of anilines is 1. The second kappa shape index (κ2) is 4.00. The van der Waals surface area contributed by atoms with Crippen LogP contribution in [0.1, 0.15) is 6.92 Å². The van der Waals surface area contributed by atoms with Crippen molar-refractivity contribution in [2.75, 3.05) is 12.3 Å². The molecule has 0 fully saturated rings. The number of aromatic amines is 1. The molecule has 58 valence electrons. The molecular formula is C5H10ClN3O. The fraction of sp³-hybridized carbons (Fsp3) is 0.400. The lowest BCUT2D eigenvalue weighted by molar-refractivity contribution is 0.326. The van der Waals surface area contributed by atoms with E-state index in [1.807, 2.05) is 6.92 Å². The Bertz CT molecular complexity index is 189. The third-order valence-electron chi connectivity index (χ3n) is 0.866. The van der Waals surface area contributed by atoms with Crippen molar-refractivity contribution < 1.29 is 4.74 Å². The summed E-state index contributed by atoms with van der Waals surface area (Å²) >= 11 is 0. The van der Waals surface area contributed by atoms with Gasteiger partial charge in [0, 0.05) is 6.07 Å². The van der Waals surface area contributed by atoms with Crippen molar-refractivity contribution in [3.8, 4) is 5.88 Å². The number of rotatable bonds is 2. The molecule has 0 spiro atoms. The van der Waals surface area contributed by atoms with Crippen molar-refractivity contribution in [2.24, 2.45) is 0 Å². The Labute approximate surface area is 65.2 Å². The first-order valence-electron chi connectivity index (χ1n) is 2.76. The van der Waals surface area contributed by atoms with Gasteiger partial charge in [-0.3, -0.25) is 5.10 Å². The van der Waals surface area contributed by atoms with Gasteiger partial charge in [0.05, 0.1) is 6.61 Å². The molecule has 0 amide bonds. The van der Waals surface area contributed by atoms with Gasteiger partial charge in [-0.25, -0.2) is 0 Å². The Morgan fingerprint density at radius 1 is 1.80 bits per heavy atom. The molecule has 0 atom stereocenters. The summed E-state index contributed by atoms with van der Waals surface area (Å²) in [6.45, 7) is 2.51. The summed E-state index contributed by atoms with van der Waals surface area (Å²) in [6, 6.07) is 1.64. The van der Waals surface area contributed by atoms with E-state index in [4.69, 9.17) is 10.5 Å². The maximum Gasteiger partial charge on any atom is 0.234 e. The largest absolute Gasteiger partial charge is 0.477 e. The molecule has 1 heterocycles. The quantitative estimate of drug-likeness (QED) is 0.678. The first kappa shape index (κ1) is 9.10. The fourth-order valence-corrected chi connectivity index (χ4v) is 0.539. The van der Waals surface area contributed by atoms with Crippen molar-refractivity contribution in [3.63, 3.8) is 0 Å². The maximum atomic E-state index is 5.31. The minimum Gasteiger partial charge on any atom is -0.477 e. The molecule has 3 N–H and O–H groups in total. The summed E-state index contributed by atoms with van der Waals surface area (Å²) < 4.78 is 5.00. The maximum absolute atomic E-state index is 5.31. The molecule has 0 aliphatic rings. The summed E-state index contributed by atoms with van der Waals surface area (Å²) in [4.78, 5) is 0. The van der Waals surface area contributed by atoms with Crippen LogP contribution in [0.4, 0.5) is 5.82 Å². The summed E-state index contributed by atoms with van der Waals surface area (Å²) in [6.07, 6.45) is 0. The molecule has 0 radical (unpaired) electrons. The Balaban J connectivity index is 0.000000810. The van der Waals surface area contributed by atoms with Crippen LogP contribution < -0.4 is 10.5 Å². The van der Waals surface area contributed by atoms with Gasteiger partial charge in [-0.1, -0.05) is 0 Å². The lowest BCUT2D eigenvalue weighted by Crippen LogP contribution is -1.90. The van der Waals surface area contributed by atoms with E-state index in [2.05, 4.69) is 10.2 Å². The van der Waals surface area contributed by atoms with Crippen LogP contribution in [0.25, 0.3) is 0 Å². The lowest BCUT2D eigenvalue weighted by atomic mass is 10.6. The monoisotopic (exact) mass is 163 g/mol. The third kappa shape index (κ3) is 2.14. The van der Waals surface area contributed by atoms with Gasteiger partial charge in [-0.15, -0.1) is 17.5 Å². The van der Waals surface area contributed by atoms with Crippen LogP contribution in [0.3, 0.4) is 0 Å². The second-order valence-corrected chi connectivity index (χ2v) is 1.59. The minimum atomic E-state index is 0. The number of aromatic nitrogens is 2. The normalized spacial score (nSPS) is 8.50. The van der Waals surface area contributed by atoms with Crippen LogP contribution in [0.15, 0.2) is 6.07 Å². The van der Waals surface area contributed by atoms with Gasteiger partial charge in [0.1, 0.15) is 5.82 Å². The highest BCUT2D eigenvalue weighted by Crippen LogP contribution is 2.07. The summed E-state index contributed by atoms with van der Waals surface area (Å²) in [5.41, 5.74) is 5.31. The number of H-pyrrole nitrogens is 1. The highest BCUT2D eigenvalue weighted by Gasteiger charge is 1.94. The van der Waals surface area contributed by atoms with Crippen molar-refractivity contribution >= 4 is 18.2 Å². The van der Waals surface area contributed by atoms with E-state index in [-0.39, 0.29) is 12.4 Å². The molecular weight excluding hydrogens is 154 g/mol.